The number of aliphatic hydroxyl groups excluding tert-OH is 1. The Morgan fingerprint density at radius 3 is 2.79 bits per heavy atom. The van der Waals surface area contributed by atoms with Gasteiger partial charge >= 0.3 is 0 Å². The van der Waals surface area contributed by atoms with Crippen molar-refractivity contribution in [2.24, 2.45) is 0 Å². The summed E-state index contributed by atoms with van der Waals surface area (Å²) in [5, 5.41) is 9.47. The van der Waals surface area contributed by atoms with Gasteiger partial charge in [0.25, 0.3) is 0 Å². The molecule has 1 rings (SSSR count). The molecule has 78 valence electrons. The van der Waals surface area contributed by atoms with Crippen LogP contribution in [0.3, 0.4) is 0 Å². The van der Waals surface area contributed by atoms with E-state index in [0.29, 0.717) is 18.6 Å². The van der Waals surface area contributed by atoms with Crippen LogP contribution in [-0.4, -0.2) is 24.4 Å². The Morgan fingerprint density at radius 2 is 2.14 bits per heavy atom. The lowest BCUT2D eigenvalue weighted by molar-refractivity contribution is 0.0426. The average molecular weight is 198 g/mol. The van der Waals surface area contributed by atoms with Crippen LogP contribution in [0.5, 0.6) is 0 Å². The Balaban J connectivity index is 2.47. The van der Waals surface area contributed by atoms with Gasteiger partial charge in [0.2, 0.25) is 0 Å². The van der Waals surface area contributed by atoms with E-state index in [-0.39, 0.29) is 12.4 Å². The highest BCUT2D eigenvalue weighted by atomic mass is 19.1. The molecular formula is C11H15FO2. The van der Waals surface area contributed by atoms with E-state index in [4.69, 9.17) is 4.74 Å². The van der Waals surface area contributed by atoms with Crippen molar-refractivity contribution in [3.05, 3.63) is 35.6 Å². The van der Waals surface area contributed by atoms with Crippen LogP contribution in [0.2, 0.25) is 0 Å². The Bertz CT molecular complexity index is 276. The van der Waals surface area contributed by atoms with Crippen molar-refractivity contribution in [1.29, 1.82) is 0 Å². The molecule has 0 aromatic heterocycles. The molecule has 0 spiro atoms. The van der Waals surface area contributed by atoms with Crippen molar-refractivity contribution in [2.75, 3.05) is 13.2 Å². The number of halogens is 1. The number of ether oxygens (including phenoxy) is 1. The fourth-order valence-electron chi connectivity index (χ4n) is 1.23. The summed E-state index contributed by atoms with van der Waals surface area (Å²) in [6.45, 7) is 2.68. The third kappa shape index (κ3) is 3.44. The predicted octanol–water partition coefficient (Wildman–Crippen LogP) is 1.77. The van der Waals surface area contributed by atoms with E-state index in [0.717, 1.165) is 0 Å². The topological polar surface area (TPSA) is 29.5 Å². The van der Waals surface area contributed by atoms with Crippen LogP contribution in [0.25, 0.3) is 0 Å². The molecule has 0 saturated carbocycles. The Kier molecular flexibility index (Phi) is 4.56. The largest absolute Gasteiger partial charge is 0.390 e. The zero-order chi connectivity index (χ0) is 10.4. The Morgan fingerprint density at radius 1 is 1.43 bits per heavy atom. The maximum Gasteiger partial charge on any atom is 0.126 e. The van der Waals surface area contributed by atoms with Gasteiger partial charge in [0.15, 0.2) is 0 Å². The van der Waals surface area contributed by atoms with Crippen molar-refractivity contribution in [2.45, 2.75) is 19.4 Å². The molecule has 1 N–H and O–H groups in total. The molecule has 1 aromatic rings. The first-order chi connectivity index (χ1) is 6.74. The van der Waals surface area contributed by atoms with Crippen LogP contribution in [-0.2, 0) is 11.2 Å². The minimum absolute atomic E-state index is 0.255. The molecule has 0 aliphatic carbocycles. The molecule has 0 heterocycles. The molecule has 0 saturated heterocycles. The SMILES string of the molecule is CCOCC(O)Cc1ccccc1F. The quantitative estimate of drug-likeness (QED) is 0.781. The molecule has 1 aromatic carbocycles. The number of benzene rings is 1. The minimum Gasteiger partial charge on any atom is -0.390 e. The zero-order valence-corrected chi connectivity index (χ0v) is 8.24. The first-order valence-electron chi connectivity index (χ1n) is 4.73. The van der Waals surface area contributed by atoms with Crippen molar-refractivity contribution in [3.63, 3.8) is 0 Å². The van der Waals surface area contributed by atoms with Crippen molar-refractivity contribution < 1.29 is 14.2 Å². The zero-order valence-electron chi connectivity index (χ0n) is 8.24. The van der Waals surface area contributed by atoms with Gasteiger partial charge in [-0.3, -0.25) is 0 Å². The van der Waals surface area contributed by atoms with E-state index < -0.39 is 6.10 Å². The van der Waals surface area contributed by atoms with Gasteiger partial charge in [0.05, 0.1) is 12.7 Å². The maximum atomic E-state index is 13.1. The highest BCUT2D eigenvalue weighted by Gasteiger charge is 2.08. The smallest absolute Gasteiger partial charge is 0.126 e. The lowest BCUT2D eigenvalue weighted by Gasteiger charge is -2.10. The maximum absolute atomic E-state index is 13.1. The highest BCUT2D eigenvalue weighted by molar-refractivity contribution is 5.17. The molecular weight excluding hydrogens is 183 g/mol. The van der Waals surface area contributed by atoms with Crippen LogP contribution < -0.4 is 0 Å². The summed E-state index contributed by atoms with van der Waals surface area (Å²) < 4.78 is 18.2. The third-order valence-corrected chi connectivity index (χ3v) is 1.93. The van der Waals surface area contributed by atoms with Crippen LogP contribution in [0, 0.1) is 5.82 Å². The van der Waals surface area contributed by atoms with Gasteiger partial charge in [-0.15, -0.1) is 0 Å². The van der Waals surface area contributed by atoms with E-state index >= 15 is 0 Å². The molecule has 1 atom stereocenters. The fourth-order valence-corrected chi connectivity index (χ4v) is 1.23. The van der Waals surface area contributed by atoms with Gasteiger partial charge < -0.3 is 9.84 Å². The fraction of sp³-hybridized carbons (Fsp3) is 0.455. The molecule has 3 heteroatoms. The Labute approximate surface area is 83.3 Å². The number of hydrogen-bond donors (Lipinski definition) is 1. The van der Waals surface area contributed by atoms with Crippen LogP contribution in [0.1, 0.15) is 12.5 Å². The van der Waals surface area contributed by atoms with Gasteiger partial charge in [-0.1, -0.05) is 18.2 Å². The lowest BCUT2D eigenvalue weighted by Crippen LogP contribution is -2.18. The first-order valence-corrected chi connectivity index (χ1v) is 4.73. The van der Waals surface area contributed by atoms with E-state index in [1.54, 1.807) is 18.2 Å². The number of aliphatic hydroxyl groups is 1. The lowest BCUT2D eigenvalue weighted by atomic mass is 10.1. The van der Waals surface area contributed by atoms with E-state index in [1.165, 1.54) is 6.07 Å². The van der Waals surface area contributed by atoms with Crippen molar-refractivity contribution in [3.8, 4) is 0 Å². The summed E-state index contributed by atoms with van der Waals surface area (Å²) in [7, 11) is 0. The highest BCUT2D eigenvalue weighted by Crippen LogP contribution is 2.09. The van der Waals surface area contributed by atoms with E-state index in [2.05, 4.69) is 0 Å². The molecule has 14 heavy (non-hydrogen) atoms. The van der Waals surface area contributed by atoms with E-state index in [9.17, 15) is 9.50 Å². The molecule has 0 radical (unpaired) electrons. The van der Waals surface area contributed by atoms with E-state index in [1.807, 2.05) is 6.92 Å². The number of rotatable bonds is 5. The summed E-state index contributed by atoms with van der Waals surface area (Å²) >= 11 is 0. The second-order valence-corrected chi connectivity index (χ2v) is 3.11. The average Bonchev–Trinajstić information content (AvgIpc) is 2.18. The van der Waals surface area contributed by atoms with Crippen molar-refractivity contribution >= 4 is 0 Å². The monoisotopic (exact) mass is 198 g/mol. The second-order valence-electron chi connectivity index (χ2n) is 3.11. The molecule has 0 amide bonds. The first kappa shape index (κ1) is 11.1. The normalized spacial score (nSPS) is 12.8. The van der Waals surface area contributed by atoms with Crippen LogP contribution in [0.4, 0.5) is 4.39 Å². The molecule has 1 unspecified atom stereocenters. The molecule has 2 nitrogen and oxygen atoms in total. The molecule has 0 fully saturated rings. The van der Waals surface area contributed by atoms with Gasteiger partial charge in [-0.05, 0) is 18.6 Å². The summed E-state index contributed by atoms with van der Waals surface area (Å²) in [4.78, 5) is 0. The molecule has 0 aliphatic heterocycles. The van der Waals surface area contributed by atoms with Crippen LogP contribution >= 0.6 is 0 Å². The molecule has 0 bridgehead atoms. The second kappa shape index (κ2) is 5.73. The third-order valence-electron chi connectivity index (χ3n) is 1.93. The summed E-state index contributed by atoms with van der Waals surface area (Å²) in [6.07, 6.45) is -0.334. The summed E-state index contributed by atoms with van der Waals surface area (Å²) in [6, 6.07) is 6.45. The molecule has 0 aliphatic rings. The number of hydrogen-bond acceptors (Lipinski definition) is 2. The minimum atomic E-state index is -0.633. The summed E-state index contributed by atoms with van der Waals surface area (Å²) in [5.74, 6) is -0.275. The predicted molar refractivity (Wildman–Crippen MR) is 52.6 cm³/mol. The van der Waals surface area contributed by atoms with Gasteiger partial charge in [0.1, 0.15) is 5.82 Å². The van der Waals surface area contributed by atoms with Crippen molar-refractivity contribution in [1.82, 2.24) is 0 Å². The van der Waals surface area contributed by atoms with Gasteiger partial charge in [-0.2, -0.15) is 0 Å². The van der Waals surface area contributed by atoms with Gasteiger partial charge in [-0.25, -0.2) is 4.39 Å². The Hall–Kier alpha value is -0.930. The summed E-state index contributed by atoms with van der Waals surface area (Å²) in [5.41, 5.74) is 0.528. The van der Waals surface area contributed by atoms with Crippen LogP contribution in [0.15, 0.2) is 24.3 Å². The van der Waals surface area contributed by atoms with Gasteiger partial charge in [0, 0.05) is 13.0 Å². The standard InChI is InChI=1S/C11H15FO2/c1-2-14-8-10(13)7-9-5-3-4-6-11(9)12/h3-6,10,13H,2,7-8H2,1H3.